The van der Waals surface area contributed by atoms with Crippen molar-refractivity contribution in [2.75, 3.05) is 0 Å². The fourth-order valence-corrected chi connectivity index (χ4v) is 0.958. The summed E-state index contributed by atoms with van der Waals surface area (Å²) in [5.41, 5.74) is 0.239. The summed E-state index contributed by atoms with van der Waals surface area (Å²) < 4.78 is 12.8. The van der Waals surface area contributed by atoms with E-state index in [0.717, 1.165) is 12.1 Å². The summed E-state index contributed by atoms with van der Waals surface area (Å²) in [4.78, 5) is 0. The molecule has 3 heteroatoms. The summed E-state index contributed by atoms with van der Waals surface area (Å²) in [6, 6.07) is 2.11. The molecular formula is C8H9FO2. The van der Waals surface area contributed by atoms with E-state index in [4.69, 9.17) is 10.2 Å². The highest BCUT2D eigenvalue weighted by atomic mass is 19.1. The standard InChI is InChI=1S/C8H9FO2/c1-2-6-7(9)3-5(10)4-8(6)11/h3-4,10-11H,2H2,1H3. The number of rotatable bonds is 1. The molecule has 0 fully saturated rings. The zero-order chi connectivity index (χ0) is 8.43. The van der Waals surface area contributed by atoms with Crippen molar-refractivity contribution in [3.05, 3.63) is 23.5 Å². The van der Waals surface area contributed by atoms with E-state index < -0.39 is 5.82 Å². The fourth-order valence-electron chi connectivity index (χ4n) is 0.958. The Morgan fingerprint density at radius 1 is 1.36 bits per heavy atom. The summed E-state index contributed by atoms with van der Waals surface area (Å²) in [5.74, 6) is -1.01. The molecule has 0 aliphatic rings. The number of phenols is 2. The van der Waals surface area contributed by atoms with Gasteiger partial charge in [-0.05, 0) is 6.42 Å². The van der Waals surface area contributed by atoms with Crippen LogP contribution in [0.1, 0.15) is 12.5 Å². The first-order chi connectivity index (χ1) is 5.15. The van der Waals surface area contributed by atoms with Gasteiger partial charge in [-0.25, -0.2) is 4.39 Å². The Kier molecular flexibility index (Phi) is 1.98. The molecule has 11 heavy (non-hydrogen) atoms. The molecule has 0 saturated heterocycles. The predicted octanol–water partition coefficient (Wildman–Crippen LogP) is 1.80. The molecule has 0 radical (unpaired) electrons. The smallest absolute Gasteiger partial charge is 0.133 e. The van der Waals surface area contributed by atoms with E-state index in [1.165, 1.54) is 0 Å². The third-order valence-electron chi connectivity index (χ3n) is 1.51. The maximum atomic E-state index is 12.8. The van der Waals surface area contributed by atoms with E-state index in [9.17, 15) is 4.39 Å². The van der Waals surface area contributed by atoms with Gasteiger partial charge >= 0.3 is 0 Å². The predicted molar refractivity (Wildman–Crippen MR) is 39.1 cm³/mol. The van der Waals surface area contributed by atoms with Gasteiger partial charge in [-0.3, -0.25) is 0 Å². The first kappa shape index (κ1) is 7.85. The highest BCUT2D eigenvalue weighted by molar-refractivity contribution is 5.40. The van der Waals surface area contributed by atoms with E-state index in [-0.39, 0.29) is 17.1 Å². The Morgan fingerprint density at radius 3 is 2.45 bits per heavy atom. The van der Waals surface area contributed by atoms with E-state index in [1.807, 2.05) is 0 Å². The minimum atomic E-state index is -0.565. The van der Waals surface area contributed by atoms with Crippen LogP contribution in [-0.4, -0.2) is 10.2 Å². The maximum Gasteiger partial charge on any atom is 0.133 e. The van der Waals surface area contributed by atoms with Gasteiger partial charge < -0.3 is 10.2 Å². The monoisotopic (exact) mass is 156 g/mol. The van der Waals surface area contributed by atoms with Gasteiger partial charge in [-0.15, -0.1) is 0 Å². The molecule has 0 spiro atoms. The molecule has 2 N–H and O–H groups in total. The normalized spacial score (nSPS) is 10.0. The lowest BCUT2D eigenvalue weighted by Crippen LogP contribution is -1.87. The summed E-state index contributed by atoms with van der Waals surface area (Å²) in [7, 11) is 0. The molecule has 0 amide bonds. The van der Waals surface area contributed by atoms with Crippen molar-refractivity contribution in [1.29, 1.82) is 0 Å². The van der Waals surface area contributed by atoms with Crippen molar-refractivity contribution in [3.63, 3.8) is 0 Å². The molecule has 0 aliphatic heterocycles. The number of hydrogen-bond donors (Lipinski definition) is 2. The van der Waals surface area contributed by atoms with E-state index >= 15 is 0 Å². The first-order valence-electron chi connectivity index (χ1n) is 3.35. The van der Waals surface area contributed by atoms with E-state index in [0.29, 0.717) is 6.42 Å². The van der Waals surface area contributed by atoms with Crippen LogP contribution in [0.2, 0.25) is 0 Å². The SMILES string of the molecule is CCc1c(O)cc(O)cc1F. The second-order valence-electron chi connectivity index (χ2n) is 2.28. The second-order valence-corrected chi connectivity index (χ2v) is 2.28. The molecule has 0 atom stereocenters. The van der Waals surface area contributed by atoms with Crippen molar-refractivity contribution in [2.45, 2.75) is 13.3 Å². The number of hydrogen-bond acceptors (Lipinski definition) is 2. The largest absolute Gasteiger partial charge is 0.508 e. The molecule has 1 rings (SSSR count). The minimum absolute atomic E-state index is 0.190. The first-order valence-corrected chi connectivity index (χ1v) is 3.35. The average molecular weight is 156 g/mol. The molecule has 0 heterocycles. The number of phenolic OH excluding ortho intramolecular Hbond substituents is 2. The van der Waals surface area contributed by atoms with Gasteiger partial charge in [0.25, 0.3) is 0 Å². The molecule has 60 valence electrons. The Bertz CT molecular complexity index is 248. The van der Waals surface area contributed by atoms with Gasteiger partial charge in [0.2, 0.25) is 0 Å². The Morgan fingerprint density at radius 2 is 2.00 bits per heavy atom. The van der Waals surface area contributed by atoms with Crippen LogP contribution in [-0.2, 0) is 6.42 Å². The molecule has 0 saturated carbocycles. The van der Waals surface area contributed by atoms with Crippen LogP contribution in [0.25, 0.3) is 0 Å². The third kappa shape index (κ3) is 1.42. The maximum absolute atomic E-state index is 12.8. The van der Waals surface area contributed by atoms with Gasteiger partial charge in [0.15, 0.2) is 0 Å². The van der Waals surface area contributed by atoms with Crippen molar-refractivity contribution in [3.8, 4) is 11.5 Å². The van der Waals surface area contributed by atoms with Crippen LogP contribution in [0, 0.1) is 5.82 Å². The average Bonchev–Trinajstić information content (AvgIpc) is 1.85. The van der Waals surface area contributed by atoms with Crippen molar-refractivity contribution < 1.29 is 14.6 Å². The molecule has 1 aromatic rings. The molecule has 0 aromatic heterocycles. The van der Waals surface area contributed by atoms with Crippen molar-refractivity contribution >= 4 is 0 Å². The molecule has 0 bridgehead atoms. The quantitative estimate of drug-likeness (QED) is 0.650. The van der Waals surface area contributed by atoms with Gasteiger partial charge in [0.1, 0.15) is 17.3 Å². The molecule has 0 unspecified atom stereocenters. The lowest BCUT2D eigenvalue weighted by Gasteiger charge is -2.02. The van der Waals surface area contributed by atoms with Crippen LogP contribution in [0.4, 0.5) is 4.39 Å². The van der Waals surface area contributed by atoms with Crippen molar-refractivity contribution in [2.24, 2.45) is 0 Å². The lowest BCUT2D eigenvalue weighted by atomic mass is 10.1. The zero-order valence-corrected chi connectivity index (χ0v) is 6.13. The van der Waals surface area contributed by atoms with E-state index in [2.05, 4.69) is 0 Å². The van der Waals surface area contributed by atoms with Crippen molar-refractivity contribution in [1.82, 2.24) is 0 Å². The van der Waals surface area contributed by atoms with Crippen LogP contribution in [0.5, 0.6) is 11.5 Å². The fraction of sp³-hybridized carbons (Fsp3) is 0.250. The zero-order valence-electron chi connectivity index (χ0n) is 6.13. The minimum Gasteiger partial charge on any atom is -0.508 e. The molecular weight excluding hydrogens is 147 g/mol. The molecule has 0 aliphatic carbocycles. The number of benzene rings is 1. The second kappa shape index (κ2) is 2.78. The van der Waals surface area contributed by atoms with Gasteiger partial charge in [0, 0.05) is 17.7 Å². The summed E-state index contributed by atoms with van der Waals surface area (Å²) in [6.07, 6.45) is 0.415. The molecule has 2 nitrogen and oxygen atoms in total. The molecule has 1 aromatic carbocycles. The Balaban J connectivity index is 3.25. The summed E-state index contributed by atoms with van der Waals surface area (Å²) in [5, 5.41) is 17.9. The van der Waals surface area contributed by atoms with Gasteiger partial charge in [-0.2, -0.15) is 0 Å². The summed E-state index contributed by atoms with van der Waals surface area (Å²) >= 11 is 0. The highest BCUT2D eigenvalue weighted by Crippen LogP contribution is 2.25. The Labute approximate surface area is 63.9 Å². The Hall–Kier alpha value is -1.25. The highest BCUT2D eigenvalue weighted by Gasteiger charge is 2.06. The number of halogens is 1. The van der Waals surface area contributed by atoms with Crippen LogP contribution in [0.3, 0.4) is 0 Å². The van der Waals surface area contributed by atoms with Gasteiger partial charge in [0.05, 0.1) is 0 Å². The topological polar surface area (TPSA) is 40.5 Å². The summed E-state index contributed by atoms with van der Waals surface area (Å²) in [6.45, 7) is 1.73. The lowest BCUT2D eigenvalue weighted by molar-refractivity contribution is 0.434. The van der Waals surface area contributed by atoms with E-state index in [1.54, 1.807) is 6.92 Å². The third-order valence-corrected chi connectivity index (χ3v) is 1.51. The number of aromatic hydroxyl groups is 2. The van der Waals surface area contributed by atoms with Crippen LogP contribution >= 0.6 is 0 Å². The van der Waals surface area contributed by atoms with Gasteiger partial charge in [-0.1, -0.05) is 6.92 Å². The van der Waals surface area contributed by atoms with Crippen LogP contribution in [0.15, 0.2) is 12.1 Å². The van der Waals surface area contributed by atoms with Crippen LogP contribution < -0.4 is 0 Å².